The summed E-state index contributed by atoms with van der Waals surface area (Å²) in [6, 6.07) is 1.25. The van der Waals surface area contributed by atoms with Crippen LogP contribution in [-0.2, 0) is 14.3 Å². The average molecular weight is 260 g/mol. The molecule has 0 amide bonds. The van der Waals surface area contributed by atoms with Gasteiger partial charge in [-0.25, -0.2) is 4.79 Å². The van der Waals surface area contributed by atoms with Gasteiger partial charge in [0, 0.05) is 21.0 Å². The van der Waals surface area contributed by atoms with E-state index < -0.39 is 20.9 Å². The monoisotopic (exact) mass is 260 g/mol. The zero-order chi connectivity index (χ0) is 13.3. The van der Waals surface area contributed by atoms with Gasteiger partial charge in [0.1, 0.15) is 12.7 Å². The Balaban J connectivity index is 3.44. The molecule has 0 aliphatic rings. The Morgan fingerprint density at radius 1 is 1.41 bits per heavy atom. The number of aliphatic hydroxyl groups excluding tert-OH is 1. The van der Waals surface area contributed by atoms with Crippen molar-refractivity contribution < 1.29 is 19.4 Å². The molecule has 0 saturated carbocycles. The summed E-state index contributed by atoms with van der Waals surface area (Å²) in [6.45, 7) is 10.5. The SMILES string of the molecule is C=C(C)C(=O)OCC(O)COCCC[SiH](C)C. The van der Waals surface area contributed by atoms with E-state index in [1.165, 1.54) is 6.04 Å². The first-order chi connectivity index (χ1) is 7.93. The quantitative estimate of drug-likeness (QED) is 0.294. The van der Waals surface area contributed by atoms with E-state index in [4.69, 9.17) is 9.47 Å². The maximum atomic E-state index is 11.0. The van der Waals surface area contributed by atoms with Crippen molar-refractivity contribution in [2.75, 3.05) is 19.8 Å². The maximum absolute atomic E-state index is 11.0. The lowest BCUT2D eigenvalue weighted by Gasteiger charge is -2.12. The van der Waals surface area contributed by atoms with Crippen LogP contribution in [0.1, 0.15) is 13.3 Å². The number of carbonyl (C=O) groups is 1. The molecule has 0 spiro atoms. The number of rotatable bonds is 9. The van der Waals surface area contributed by atoms with E-state index in [0.29, 0.717) is 12.2 Å². The summed E-state index contributed by atoms with van der Waals surface area (Å²) >= 11 is 0. The fraction of sp³-hybridized carbons (Fsp3) is 0.750. The summed E-state index contributed by atoms with van der Waals surface area (Å²) < 4.78 is 10.1. The van der Waals surface area contributed by atoms with Gasteiger partial charge in [-0.15, -0.1) is 0 Å². The summed E-state index contributed by atoms with van der Waals surface area (Å²) in [4.78, 5) is 11.0. The maximum Gasteiger partial charge on any atom is 0.333 e. The number of ether oxygens (including phenoxy) is 2. The Kier molecular flexibility index (Phi) is 9.02. The zero-order valence-electron chi connectivity index (χ0n) is 11.1. The van der Waals surface area contributed by atoms with E-state index in [2.05, 4.69) is 19.7 Å². The van der Waals surface area contributed by atoms with Gasteiger partial charge in [-0.3, -0.25) is 0 Å². The highest BCUT2D eigenvalue weighted by atomic mass is 28.3. The van der Waals surface area contributed by atoms with Crippen molar-refractivity contribution in [3.8, 4) is 0 Å². The van der Waals surface area contributed by atoms with Crippen LogP contribution >= 0.6 is 0 Å². The van der Waals surface area contributed by atoms with E-state index in [-0.39, 0.29) is 13.2 Å². The molecule has 0 saturated heterocycles. The van der Waals surface area contributed by atoms with Gasteiger partial charge in [0.15, 0.2) is 0 Å². The lowest BCUT2D eigenvalue weighted by atomic mass is 10.3. The van der Waals surface area contributed by atoms with Crippen molar-refractivity contribution in [2.45, 2.75) is 38.6 Å². The van der Waals surface area contributed by atoms with Gasteiger partial charge in [-0.2, -0.15) is 0 Å². The van der Waals surface area contributed by atoms with Gasteiger partial charge in [-0.05, 0) is 13.3 Å². The normalized spacial score (nSPS) is 12.5. The minimum absolute atomic E-state index is 0.0371. The second kappa shape index (κ2) is 9.38. The molecule has 0 aliphatic carbocycles. The van der Waals surface area contributed by atoms with Gasteiger partial charge >= 0.3 is 5.97 Å². The van der Waals surface area contributed by atoms with Crippen molar-refractivity contribution >= 4 is 14.8 Å². The first-order valence-corrected chi connectivity index (χ1v) is 9.14. The molecule has 0 bridgehead atoms. The largest absolute Gasteiger partial charge is 0.460 e. The highest BCUT2D eigenvalue weighted by Crippen LogP contribution is 1.99. The molecule has 5 heteroatoms. The van der Waals surface area contributed by atoms with Gasteiger partial charge < -0.3 is 14.6 Å². The third-order valence-corrected chi connectivity index (χ3v) is 3.70. The smallest absolute Gasteiger partial charge is 0.333 e. The Morgan fingerprint density at radius 2 is 2.06 bits per heavy atom. The summed E-state index contributed by atoms with van der Waals surface area (Å²) in [6.07, 6.45) is 0.289. The second-order valence-corrected chi connectivity index (χ2v) is 8.01. The Morgan fingerprint density at radius 3 is 2.59 bits per heavy atom. The molecular formula is C12H24O4Si. The number of hydrogen-bond acceptors (Lipinski definition) is 4. The molecular weight excluding hydrogens is 236 g/mol. The highest BCUT2D eigenvalue weighted by Gasteiger charge is 2.09. The fourth-order valence-corrected chi connectivity index (χ4v) is 2.14. The molecule has 1 N–H and O–H groups in total. The van der Waals surface area contributed by atoms with Gasteiger partial charge in [0.05, 0.1) is 6.61 Å². The molecule has 0 rings (SSSR count). The van der Waals surface area contributed by atoms with Crippen molar-refractivity contribution in [1.82, 2.24) is 0 Å². The molecule has 4 nitrogen and oxygen atoms in total. The molecule has 0 heterocycles. The zero-order valence-corrected chi connectivity index (χ0v) is 12.2. The van der Waals surface area contributed by atoms with E-state index in [1.54, 1.807) is 6.92 Å². The number of esters is 1. The topological polar surface area (TPSA) is 55.8 Å². The van der Waals surface area contributed by atoms with Gasteiger partial charge in [0.2, 0.25) is 0 Å². The van der Waals surface area contributed by atoms with Crippen molar-refractivity contribution in [2.24, 2.45) is 0 Å². The minimum Gasteiger partial charge on any atom is -0.460 e. The minimum atomic E-state index is -0.755. The van der Waals surface area contributed by atoms with E-state index in [1.807, 2.05) is 0 Å². The number of aliphatic hydroxyl groups is 1. The standard InChI is InChI=1S/C12H24O4Si/c1-10(2)12(14)16-9-11(13)8-15-6-5-7-17(3)4/h11,13,17H,1,5-9H2,2-4H3. The molecule has 1 atom stereocenters. The number of carbonyl (C=O) groups excluding carboxylic acids is 1. The molecule has 100 valence electrons. The molecule has 0 aromatic heterocycles. The Bertz CT molecular complexity index is 241. The summed E-state index contributed by atoms with van der Waals surface area (Å²) in [5.41, 5.74) is 0.333. The van der Waals surface area contributed by atoms with Gasteiger partial charge in [-0.1, -0.05) is 25.7 Å². The van der Waals surface area contributed by atoms with Crippen LogP contribution in [0.4, 0.5) is 0 Å². The van der Waals surface area contributed by atoms with E-state index in [9.17, 15) is 9.90 Å². The third kappa shape index (κ3) is 10.2. The lowest BCUT2D eigenvalue weighted by Crippen LogP contribution is -2.24. The molecule has 1 unspecified atom stereocenters. The van der Waals surface area contributed by atoms with Crippen molar-refractivity contribution in [3.63, 3.8) is 0 Å². The third-order valence-electron chi connectivity index (χ3n) is 2.14. The average Bonchev–Trinajstić information content (AvgIpc) is 2.24. The number of hydrogen-bond donors (Lipinski definition) is 1. The van der Waals surface area contributed by atoms with Crippen LogP contribution in [-0.4, -0.2) is 45.8 Å². The summed E-state index contributed by atoms with van der Waals surface area (Å²) in [7, 11) is -0.498. The summed E-state index contributed by atoms with van der Waals surface area (Å²) in [5, 5.41) is 9.47. The van der Waals surface area contributed by atoms with E-state index >= 15 is 0 Å². The highest BCUT2D eigenvalue weighted by molar-refractivity contribution is 6.55. The van der Waals surface area contributed by atoms with E-state index in [0.717, 1.165) is 6.42 Å². The second-order valence-electron chi connectivity index (χ2n) is 4.64. The van der Waals surface area contributed by atoms with Crippen LogP contribution in [0, 0.1) is 0 Å². The molecule has 0 fully saturated rings. The fourth-order valence-electron chi connectivity index (χ4n) is 1.16. The Labute approximate surface area is 105 Å². The predicted octanol–water partition coefficient (Wildman–Crippen LogP) is 1.36. The van der Waals surface area contributed by atoms with Crippen molar-refractivity contribution in [1.29, 1.82) is 0 Å². The molecule has 0 aliphatic heterocycles. The predicted molar refractivity (Wildman–Crippen MR) is 70.9 cm³/mol. The van der Waals surface area contributed by atoms with Crippen LogP contribution < -0.4 is 0 Å². The first kappa shape index (κ1) is 16.3. The van der Waals surface area contributed by atoms with Crippen LogP contribution in [0.5, 0.6) is 0 Å². The molecule has 0 aromatic carbocycles. The molecule has 0 radical (unpaired) electrons. The van der Waals surface area contributed by atoms with Gasteiger partial charge in [0.25, 0.3) is 0 Å². The van der Waals surface area contributed by atoms with Crippen LogP contribution in [0.25, 0.3) is 0 Å². The van der Waals surface area contributed by atoms with Crippen LogP contribution in [0.3, 0.4) is 0 Å². The lowest BCUT2D eigenvalue weighted by molar-refractivity contribution is -0.143. The summed E-state index contributed by atoms with van der Waals surface area (Å²) in [5.74, 6) is -0.477. The van der Waals surface area contributed by atoms with Crippen LogP contribution in [0.15, 0.2) is 12.2 Å². The Hall–Kier alpha value is -0.653. The van der Waals surface area contributed by atoms with Crippen molar-refractivity contribution in [3.05, 3.63) is 12.2 Å². The van der Waals surface area contributed by atoms with Crippen LogP contribution in [0.2, 0.25) is 19.1 Å². The first-order valence-electron chi connectivity index (χ1n) is 6.02. The molecule has 0 aromatic rings. The molecule has 17 heavy (non-hydrogen) atoms.